The Hall–Kier alpha value is -2.42. The molecular weight excluding hydrogens is 300 g/mol. The van der Waals surface area contributed by atoms with E-state index in [1.54, 1.807) is 0 Å². The summed E-state index contributed by atoms with van der Waals surface area (Å²) in [6, 6.07) is 0. The van der Waals surface area contributed by atoms with Gasteiger partial charge in [-0.3, -0.25) is 18.7 Å². The predicted molar refractivity (Wildman–Crippen MR) is 86.4 cm³/mol. The second kappa shape index (κ2) is 6.78. The van der Waals surface area contributed by atoms with Gasteiger partial charge in [-0.25, -0.2) is 9.78 Å². The lowest BCUT2D eigenvalue weighted by molar-refractivity contribution is -0.121. The molecule has 0 bridgehead atoms. The fourth-order valence-electron chi connectivity index (χ4n) is 2.27. The summed E-state index contributed by atoms with van der Waals surface area (Å²) in [6.45, 7) is -1.66. The highest BCUT2D eigenvalue weighted by atomic mass is 16.2. The molecule has 0 atom stereocenters. The molecule has 0 aliphatic carbocycles. The highest BCUT2D eigenvalue weighted by molar-refractivity contribution is 5.78. The summed E-state index contributed by atoms with van der Waals surface area (Å²) in [7, 11) is 4.36. The van der Waals surface area contributed by atoms with E-state index < -0.39 is 18.2 Å². The van der Waals surface area contributed by atoms with Crippen LogP contribution >= 0.6 is 0 Å². The first-order chi connectivity index (χ1) is 12.0. The molecule has 0 radical (unpaired) electrons. The van der Waals surface area contributed by atoms with Gasteiger partial charge in [-0.15, -0.1) is 0 Å². The number of amides is 1. The molecule has 0 aromatic carbocycles. The normalized spacial score (nSPS) is 13.8. The van der Waals surface area contributed by atoms with Crippen molar-refractivity contribution in [3.8, 4) is 0 Å². The van der Waals surface area contributed by atoms with E-state index in [1.807, 2.05) is 0 Å². The lowest BCUT2D eigenvalue weighted by Gasteiger charge is -2.10. The van der Waals surface area contributed by atoms with Gasteiger partial charge in [0.15, 0.2) is 11.2 Å². The van der Waals surface area contributed by atoms with Crippen molar-refractivity contribution in [1.82, 2.24) is 28.9 Å². The van der Waals surface area contributed by atoms with Crippen LogP contribution in [0.5, 0.6) is 0 Å². The zero-order valence-electron chi connectivity index (χ0n) is 16.4. The SMILES string of the molecule is [2H]C([2H])([2H])N(C)CCCNC(=O)Cn1cnc2c1c(=O)n(C)c(=O)n2C. The van der Waals surface area contributed by atoms with E-state index in [9.17, 15) is 14.4 Å². The average Bonchev–Trinajstić information content (AvgIpc) is 2.97. The molecule has 0 saturated carbocycles. The minimum atomic E-state index is -2.16. The van der Waals surface area contributed by atoms with Crippen molar-refractivity contribution in [1.29, 1.82) is 0 Å². The van der Waals surface area contributed by atoms with Gasteiger partial charge in [0.05, 0.1) is 6.33 Å². The van der Waals surface area contributed by atoms with Gasteiger partial charge in [-0.05, 0) is 27.0 Å². The van der Waals surface area contributed by atoms with Gasteiger partial charge < -0.3 is 14.8 Å². The number of hydrogen-bond donors (Lipinski definition) is 1. The number of aromatic nitrogens is 4. The lowest BCUT2D eigenvalue weighted by Crippen LogP contribution is -2.38. The number of fused-ring (bicyclic) bond motifs is 1. The van der Waals surface area contributed by atoms with Crippen LogP contribution in [0.3, 0.4) is 0 Å². The Bertz CT molecular complexity index is 927. The van der Waals surface area contributed by atoms with Crippen LogP contribution in [0.1, 0.15) is 10.5 Å². The third kappa shape index (κ3) is 3.50. The molecule has 9 nitrogen and oxygen atoms in total. The molecule has 1 amide bonds. The maximum absolute atomic E-state index is 12.3. The molecule has 0 aliphatic heterocycles. The van der Waals surface area contributed by atoms with Crippen LogP contribution < -0.4 is 16.6 Å². The summed E-state index contributed by atoms with van der Waals surface area (Å²) < 4.78 is 25.3. The smallest absolute Gasteiger partial charge is 0.332 e. The van der Waals surface area contributed by atoms with E-state index >= 15 is 0 Å². The van der Waals surface area contributed by atoms with Crippen molar-refractivity contribution >= 4 is 17.1 Å². The molecular formula is C14H22N6O3. The topological polar surface area (TPSA) is 94.2 Å². The highest BCUT2D eigenvalue weighted by Gasteiger charge is 2.15. The Morgan fingerprint density at radius 1 is 1.39 bits per heavy atom. The van der Waals surface area contributed by atoms with Crippen LogP contribution in [-0.2, 0) is 25.4 Å². The summed E-state index contributed by atoms with van der Waals surface area (Å²) in [6.07, 6.45) is 1.81. The Morgan fingerprint density at radius 3 is 2.83 bits per heavy atom. The number of rotatable bonds is 6. The first-order valence-corrected chi connectivity index (χ1v) is 7.13. The molecule has 0 saturated heterocycles. The lowest BCUT2D eigenvalue weighted by atomic mass is 10.4. The van der Waals surface area contributed by atoms with Crippen LogP contribution in [0, 0.1) is 0 Å². The Labute approximate surface area is 137 Å². The van der Waals surface area contributed by atoms with Gasteiger partial charge in [0.2, 0.25) is 5.91 Å². The largest absolute Gasteiger partial charge is 0.355 e. The number of nitrogens with one attached hydrogen (secondary N) is 1. The average molecular weight is 325 g/mol. The number of carbonyl (C=O) groups excluding carboxylic acids is 1. The molecule has 126 valence electrons. The summed E-state index contributed by atoms with van der Waals surface area (Å²) in [5.74, 6) is -0.336. The maximum atomic E-state index is 12.3. The molecule has 2 aromatic rings. The molecule has 23 heavy (non-hydrogen) atoms. The molecule has 9 heteroatoms. The third-order valence-corrected chi connectivity index (χ3v) is 3.52. The fourth-order valence-corrected chi connectivity index (χ4v) is 2.27. The van der Waals surface area contributed by atoms with Crippen LogP contribution in [0.15, 0.2) is 15.9 Å². The van der Waals surface area contributed by atoms with E-state index in [0.717, 1.165) is 4.57 Å². The number of imidazole rings is 1. The van der Waals surface area contributed by atoms with E-state index in [-0.39, 0.29) is 23.6 Å². The Morgan fingerprint density at radius 2 is 2.13 bits per heavy atom. The number of carbonyl (C=O) groups is 1. The minimum Gasteiger partial charge on any atom is -0.355 e. The molecule has 2 aromatic heterocycles. The van der Waals surface area contributed by atoms with Gasteiger partial charge in [0.1, 0.15) is 6.54 Å². The van der Waals surface area contributed by atoms with Gasteiger partial charge in [-0.2, -0.15) is 0 Å². The van der Waals surface area contributed by atoms with E-state index in [1.165, 1.54) is 41.5 Å². The number of aryl methyl sites for hydroxylation is 1. The quantitative estimate of drug-likeness (QED) is 0.653. The fraction of sp³-hybridized carbons (Fsp3) is 0.571. The van der Waals surface area contributed by atoms with Crippen LogP contribution in [0.4, 0.5) is 0 Å². The third-order valence-electron chi connectivity index (χ3n) is 3.52. The van der Waals surface area contributed by atoms with Gasteiger partial charge >= 0.3 is 5.69 Å². The summed E-state index contributed by atoms with van der Waals surface area (Å²) >= 11 is 0. The van der Waals surface area contributed by atoms with E-state index in [2.05, 4.69) is 10.3 Å². The van der Waals surface area contributed by atoms with Crippen LogP contribution in [0.2, 0.25) is 0 Å². The molecule has 0 unspecified atom stereocenters. The second-order valence-corrected chi connectivity index (χ2v) is 5.38. The van der Waals surface area contributed by atoms with Crippen LogP contribution in [0.25, 0.3) is 11.2 Å². The van der Waals surface area contributed by atoms with Gasteiger partial charge in [0.25, 0.3) is 5.56 Å². The van der Waals surface area contributed by atoms with Crippen molar-refractivity contribution in [3.05, 3.63) is 27.2 Å². The first-order valence-electron chi connectivity index (χ1n) is 8.63. The maximum Gasteiger partial charge on any atom is 0.332 e. The van der Waals surface area contributed by atoms with Crippen LogP contribution in [-0.4, -0.2) is 56.6 Å². The van der Waals surface area contributed by atoms with Gasteiger partial charge in [0, 0.05) is 24.8 Å². The molecule has 1 N–H and O–H groups in total. The number of nitrogens with zero attached hydrogens (tertiary/aromatic N) is 5. The summed E-state index contributed by atoms with van der Waals surface area (Å²) in [5.41, 5.74) is -0.625. The van der Waals surface area contributed by atoms with Gasteiger partial charge in [-0.1, -0.05) is 0 Å². The summed E-state index contributed by atoms with van der Waals surface area (Å²) in [5, 5.41) is 2.68. The monoisotopic (exact) mass is 325 g/mol. The zero-order valence-corrected chi connectivity index (χ0v) is 13.4. The molecule has 0 fully saturated rings. The standard InChI is InChI=1S/C14H22N6O3/c1-17(2)7-5-6-15-10(21)8-20-9-16-12-11(20)13(22)19(4)14(23)18(12)3/h9H,5-8H2,1-4H3,(H,15,21)/i1D3. The second-order valence-electron chi connectivity index (χ2n) is 5.38. The molecule has 0 aliphatic rings. The van der Waals surface area contributed by atoms with Crippen molar-refractivity contribution in [3.63, 3.8) is 0 Å². The molecule has 2 heterocycles. The van der Waals surface area contributed by atoms with E-state index in [0.29, 0.717) is 19.5 Å². The predicted octanol–water partition coefficient (Wildman–Crippen LogP) is -1.50. The highest BCUT2D eigenvalue weighted by Crippen LogP contribution is 2.04. The Balaban J connectivity index is 2.02. The van der Waals surface area contributed by atoms with E-state index in [4.69, 9.17) is 4.11 Å². The van der Waals surface area contributed by atoms with Crippen molar-refractivity contribution in [2.45, 2.75) is 13.0 Å². The van der Waals surface area contributed by atoms with Crippen molar-refractivity contribution in [2.75, 3.05) is 27.1 Å². The van der Waals surface area contributed by atoms with Crippen molar-refractivity contribution < 1.29 is 8.91 Å². The minimum absolute atomic E-state index is 0.126. The zero-order chi connectivity index (χ0) is 19.6. The summed E-state index contributed by atoms with van der Waals surface area (Å²) in [4.78, 5) is 41.5. The molecule has 2 rings (SSSR count). The van der Waals surface area contributed by atoms with Crippen molar-refractivity contribution in [2.24, 2.45) is 14.1 Å². The first kappa shape index (κ1) is 13.1. The Kier molecular flexibility index (Phi) is 3.85. The molecule has 0 spiro atoms. The number of hydrogen-bond acceptors (Lipinski definition) is 5.